The molecule has 76 valence electrons. The van der Waals surface area contributed by atoms with E-state index in [-0.39, 0.29) is 12.5 Å². The topological polar surface area (TPSA) is 40.5 Å². The van der Waals surface area contributed by atoms with Crippen molar-refractivity contribution in [3.63, 3.8) is 0 Å². The molecule has 0 saturated carbocycles. The first-order valence-electron chi connectivity index (χ1n) is 5.11. The summed E-state index contributed by atoms with van der Waals surface area (Å²) in [5, 5.41) is 19.1. The summed E-state index contributed by atoms with van der Waals surface area (Å²) in [6.45, 7) is 2.28. The van der Waals surface area contributed by atoms with Crippen LogP contribution in [0.2, 0.25) is 0 Å². The molecule has 0 aliphatic heterocycles. The zero-order chi connectivity index (χ0) is 10.1. The fourth-order valence-electron chi connectivity index (χ4n) is 2.33. The molecule has 14 heavy (non-hydrogen) atoms. The number of hydrogen-bond acceptors (Lipinski definition) is 2. The lowest BCUT2D eigenvalue weighted by atomic mass is 9.75. The first kappa shape index (κ1) is 9.69. The Hall–Kier alpha value is -0.860. The van der Waals surface area contributed by atoms with Crippen molar-refractivity contribution in [2.24, 2.45) is 5.92 Å². The molecular weight excluding hydrogens is 176 g/mol. The number of rotatable bonds is 1. The van der Waals surface area contributed by atoms with E-state index in [4.69, 9.17) is 0 Å². The Balaban J connectivity index is 2.41. The van der Waals surface area contributed by atoms with Crippen LogP contribution in [-0.2, 0) is 0 Å². The van der Waals surface area contributed by atoms with Crippen LogP contribution >= 0.6 is 0 Å². The van der Waals surface area contributed by atoms with Gasteiger partial charge in [-0.3, -0.25) is 0 Å². The Morgan fingerprint density at radius 3 is 2.57 bits per heavy atom. The molecule has 3 atom stereocenters. The van der Waals surface area contributed by atoms with E-state index < -0.39 is 6.10 Å². The van der Waals surface area contributed by atoms with E-state index in [0.29, 0.717) is 12.3 Å². The monoisotopic (exact) mass is 192 g/mol. The van der Waals surface area contributed by atoms with Crippen molar-refractivity contribution >= 4 is 0 Å². The number of fused-ring (bicyclic) bond motifs is 1. The van der Waals surface area contributed by atoms with Gasteiger partial charge in [0.15, 0.2) is 0 Å². The molecule has 1 aromatic carbocycles. The Bertz CT molecular complexity index is 322. The molecule has 0 heterocycles. The van der Waals surface area contributed by atoms with Crippen molar-refractivity contribution in [1.82, 2.24) is 0 Å². The Morgan fingerprint density at radius 1 is 1.29 bits per heavy atom. The SMILES string of the molecule is C[C@H]1c2ccccc2C(O)C[C@@H]1CO. The molecule has 2 heteroatoms. The van der Waals surface area contributed by atoms with E-state index in [9.17, 15) is 10.2 Å². The van der Waals surface area contributed by atoms with Crippen LogP contribution in [0.3, 0.4) is 0 Å². The molecule has 1 aliphatic rings. The second-order valence-electron chi connectivity index (χ2n) is 4.11. The summed E-state index contributed by atoms with van der Waals surface area (Å²) in [6, 6.07) is 7.96. The van der Waals surface area contributed by atoms with Crippen LogP contribution in [0.1, 0.15) is 36.5 Å². The highest BCUT2D eigenvalue weighted by molar-refractivity contribution is 5.34. The number of aliphatic hydroxyl groups excluding tert-OH is 2. The molecule has 1 aromatic rings. The minimum Gasteiger partial charge on any atom is -0.396 e. The third-order valence-corrected chi connectivity index (χ3v) is 3.31. The van der Waals surface area contributed by atoms with Gasteiger partial charge in [0, 0.05) is 6.61 Å². The van der Waals surface area contributed by atoms with Crippen LogP contribution in [0.5, 0.6) is 0 Å². The lowest BCUT2D eigenvalue weighted by molar-refractivity contribution is 0.0924. The van der Waals surface area contributed by atoms with Crippen molar-refractivity contribution in [1.29, 1.82) is 0 Å². The summed E-state index contributed by atoms with van der Waals surface area (Å²) in [5.74, 6) is 0.541. The average molecular weight is 192 g/mol. The molecule has 1 aliphatic carbocycles. The van der Waals surface area contributed by atoms with Crippen molar-refractivity contribution in [2.45, 2.75) is 25.4 Å². The van der Waals surface area contributed by atoms with Crippen molar-refractivity contribution in [3.05, 3.63) is 35.4 Å². The molecule has 0 bridgehead atoms. The third kappa shape index (κ3) is 1.45. The third-order valence-electron chi connectivity index (χ3n) is 3.31. The minimum atomic E-state index is -0.403. The van der Waals surface area contributed by atoms with Crippen LogP contribution in [0.25, 0.3) is 0 Å². The standard InChI is InChI=1S/C12H16O2/c1-8-9(7-13)6-12(14)11-5-3-2-4-10(8)11/h2-5,8-9,12-14H,6-7H2,1H3/t8-,9-,12?/m1/s1. The second kappa shape index (κ2) is 3.71. The Kier molecular flexibility index (Phi) is 2.57. The van der Waals surface area contributed by atoms with E-state index in [2.05, 4.69) is 6.92 Å². The summed E-state index contributed by atoms with van der Waals surface area (Å²) in [5.41, 5.74) is 2.22. The van der Waals surface area contributed by atoms with Crippen LogP contribution in [0.4, 0.5) is 0 Å². The van der Waals surface area contributed by atoms with Crippen molar-refractivity contribution in [3.8, 4) is 0 Å². The van der Waals surface area contributed by atoms with Crippen LogP contribution in [0.15, 0.2) is 24.3 Å². The van der Waals surface area contributed by atoms with E-state index in [1.807, 2.05) is 24.3 Å². The first-order valence-corrected chi connectivity index (χ1v) is 5.11. The second-order valence-corrected chi connectivity index (χ2v) is 4.11. The molecule has 2 rings (SSSR count). The molecule has 0 spiro atoms. The van der Waals surface area contributed by atoms with Gasteiger partial charge in [0.05, 0.1) is 6.10 Å². The molecular formula is C12H16O2. The minimum absolute atomic E-state index is 0.159. The normalized spacial score (nSPS) is 31.2. The molecule has 2 nitrogen and oxygen atoms in total. The van der Waals surface area contributed by atoms with Gasteiger partial charge >= 0.3 is 0 Å². The van der Waals surface area contributed by atoms with Crippen LogP contribution < -0.4 is 0 Å². The van der Waals surface area contributed by atoms with Gasteiger partial charge in [0.2, 0.25) is 0 Å². The highest BCUT2D eigenvalue weighted by atomic mass is 16.3. The van der Waals surface area contributed by atoms with Gasteiger partial charge in [-0.2, -0.15) is 0 Å². The molecule has 2 N–H and O–H groups in total. The van der Waals surface area contributed by atoms with Crippen LogP contribution in [0, 0.1) is 5.92 Å². The molecule has 0 aromatic heterocycles. The van der Waals surface area contributed by atoms with Gasteiger partial charge in [0.1, 0.15) is 0 Å². The fourth-order valence-corrected chi connectivity index (χ4v) is 2.33. The van der Waals surface area contributed by atoms with Gasteiger partial charge < -0.3 is 10.2 Å². The summed E-state index contributed by atoms with van der Waals surface area (Å²) >= 11 is 0. The van der Waals surface area contributed by atoms with E-state index in [1.165, 1.54) is 5.56 Å². The summed E-state index contributed by atoms with van der Waals surface area (Å²) in [4.78, 5) is 0. The molecule has 0 amide bonds. The largest absolute Gasteiger partial charge is 0.396 e. The van der Waals surface area contributed by atoms with E-state index in [0.717, 1.165) is 5.56 Å². The van der Waals surface area contributed by atoms with Gasteiger partial charge in [-0.05, 0) is 29.4 Å². The summed E-state index contributed by atoms with van der Waals surface area (Å²) in [6.07, 6.45) is 0.272. The predicted octanol–water partition coefficient (Wildman–Crippen LogP) is 1.84. The molecule has 0 radical (unpaired) electrons. The predicted molar refractivity (Wildman–Crippen MR) is 55.0 cm³/mol. The summed E-state index contributed by atoms with van der Waals surface area (Å²) in [7, 11) is 0. The van der Waals surface area contributed by atoms with Gasteiger partial charge in [-0.15, -0.1) is 0 Å². The molecule has 0 fully saturated rings. The first-order chi connectivity index (χ1) is 6.74. The quantitative estimate of drug-likeness (QED) is 0.712. The van der Waals surface area contributed by atoms with Gasteiger partial charge in [0.25, 0.3) is 0 Å². The number of hydrogen-bond donors (Lipinski definition) is 2. The molecule has 1 unspecified atom stereocenters. The van der Waals surface area contributed by atoms with Gasteiger partial charge in [-0.1, -0.05) is 31.2 Å². The lowest BCUT2D eigenvalue weighted by Crippen LogP contribution is -2.24. The summed E-state index contributed by atoms with van der Waals surface area (Å²) < 4.78 is 0. The van der Waals surface area contributed by atoms with Crippen LogP contribution in [-0.4, -0.2) is 16.8 Å². The van der Waals surface area contributed by atoms with Gasteiger partial charge in [-0.25, -0.2) is 0 Å². The number of benzene rings is 1. The Labute approximate surface area is 84.2 Å². The highest BCUT2D eigenvalue weighted by Crippen LogP contribution is 2.40. The lowest BCUT2D eigenvalue weighted by Gasteiger charge is -2.33. The van der Waals surface area contributed by atoms with E-state index in [1.54, 1.807) is 0 Å². The maximum Gasteiger partial charge on any atom is 0.0796 e. The maximum absolute atomic E-state index is 9.87. The zero-order valence-corrected chi connectivity index (χ0v) is 8.35. The fraction of sp³-hybridized carbons (Fsp3) is 0.500. The van der Waals surface area contributed by atoms with Crippen molar-refractivity contribution in [2.75, 3.05) is 6.61 Å². The van der Waals surface area contributed by atoms with E-state index >= 15 is 0 Å². The zero-order valence-electron chi connectivity index (χ0n) is 8.35. The maximum atomic E-state index is 9.87. The highest BCUT2D eigenvalue weighted by Gasteiger charge is 2.30. The number of aliphatic hydroxyl groups is 2. The smallest absolute Gasteiger partial charge is 0.0796 e. The van der Waals surface area contributed by atoms with Crippen molar-refractivity contribution < 1.29 is 10.2 Å². The Morgan fingerprint density at radius 2 is 1.93 bits per heavy atom. The molecule has 0 saturated heterocycles. The average Bonchev–Trinajstić information content (AvgIpc) is 2.23.